The normalized spacial score (nSPS) is 18.4. The van der Waals surface area contributed by atoms with Crippen LogP contribution in [0.1, 0.15) is 24.8 Å². The molecule has 2 N–H and O–H groups in total. The maximum atomic E-state index is 13.1. The van der Waals surface area contributed by atoms with Crippen molar-refractivity contribution >= 4 is 28.9 Å². The molecule has 30 heavy (non-hydrogen) atoms. The fraction of sp³-hybridized carbons (Fsp3) is 0.348. The molecule has 1 unspecified atom stereocenters. The topological polar surface area (TPSA) is 82.2 Å². The summed E-state index contributed by atoms with van der Waals surface area (Å²) in [7, 11) is 1.77. The molecule has 7 heteroatoms. The largest absolute Gasteiger partial charge is 0.371 e. The van der Waals surface area contributed by atoms with Crippen LogP contribution in [0.5, 0.6) is 0 Å². The number of benzene rings is 2. The molecule has 0 radical (unpaired) electrons. The number of primary amides is 1. The van der Waals surface area contributed by atoms with Crippen LogP contribution in [0.2, 0.25) is 0 Å². The first-order chi connectivity index (χ1) is 14.5. The van der Waals surface area contributed by atoms with Crippen molar-refractivity contribution in [1.29, 1.82) is 0 Å². The molecule has 156 valence electrons. The Morgan fingerprint density at radius 3 is 2.43 bits per heavy atom. The van der Waals surface area contributed by atoms with Gasteiger partial charge in [-0.15, -0.1) is 0 Å². The number of nitrogens with zero attached hydrogens (tertiary/aromatic N) is 4. The molecule has 0 aliphatic carbocycles. The van der Waals surface area contributed by atoms with Gasteiger partial charge < -0.3 is 15.5 Å². The van der Waals surface area contributed by atoms with Gasteiger partial charge in [0.05, 0.1) is 5.69 Å². The summed E-state index contributed by atoms with van der Waals surface area (Å²) in [6.07, 6.45) is 2.61. The van der Waals surface area contributed by atoms with Gasteiger partial charge >= 0.3 is 0 Å². The number of para-hydroxylation sites is 2. The van der Waals surface area contributed by atoms with E-state index in [2.05, 4.69) is 22.1 Å². The van der Waals surface area contributed by atoms with E-state index >= 15 is 0 Å². The van der Waals surface area contributed by atoms with Crippen LogP contribution >= 0.6 is 0 Å². The first-order valence-corrected chi connectivity index (χ1v) is 10.3. The highest BCUT2D eigenvalue weighted by molar-refractivity contribution is 6.40. The number of hydrazone groups is 1. The third-order valence-corrected chi connectivity index (χ3v) is 5.70. The Hall–Kier alpha value is -3.35. The number of carbonyl (C=O) groups is 2. The second-order valence-electron chi connectivity index (χ2n) is 7.83. The fourth-order valence-corrected chi connectivity index (χ4v) is 4.14. The Balaban J connectivity index is 1.52. The average molecular weight is 406 g/mol. The number of hydrogen-bond acceptors (Lipinski definition) is 5. The standard InChI is InChI=1S/C23H27N5O2/c1-26(16-17-9-5-6-12-20(17)27-13-7-8-14-27)23(30)19-15-21(22(24)29)28(25-19)18-10-3-2-4-11-18/h2-6,9-12,21H,7-8,13-16H2,1H3,(H2,24,29). The molecule has 1 atom stereocenters. The molecule has 2 aromatic rings. The van der Waals surface area contributed by atoms with E-state index in [1.54, 1.807) is 17.0 Å². The van der Waals surface area contributed by atoms with Gasteiger partial charge in [-0.25, -0.2) is 0 Å². The first kappa shape index (κ1) is 19.9. The SMILES string of the molecule is CN(Cc1ccccc1N1CCCC1)C(=O)C1=NN(c2ccccc2)C(C(N)=O)C1. The van der Waals surface area contributed by atoms with E-state index in [0.29, 0.717) is 12.3 Å². The van der Waals surface area contributed by atoms with Crippen molar-refractivity contribution in [3.8, 4) is 0 Å². The van der Waals surface area contributed by atoms with E-state index in [1.165, 1.54) is 18.5 Å². The molecule has 2 amide bonds. The van der Waals surface area contributed by atoms with E-state index in [0.717, 1.165) is 24.3 Å². The minimum atomic E-state index is -0.656. The van der Waals surface area contributed by atoms with Crippen LogP contribution in [0.15, 0.2) is 59.7 Å². The zero-order chi connectivity index (χ0) is 21.1. The molecule has 2 heterocycles. The highest BCUT2D eigenvalue weighted by atomic mass is 16.2. The third kappa shape index (κ3) is 4.01. The van der Waals surface area contributed by atoms with Crippen LogP contribution in [0, 0.1) is 0 Å². The Kier molecular flexibility index (Phi) is 5.70. The van der Waals surface area contributed by atoms with E-state index in [9.17, 15) is 9.59 Å². The van der Waals surface area contributed by atoms with Crippen LogP contribution < -0.4 is 15.6 Å². The van der Waals surface area contributed by atoms with Crippen molar-refractivity contribution in [1.82, 2.24) is 4.90 Å². The summed E-state index contributed by atoms with van der Waals surface area (Å²) in [6, 6.07) is 16.9. The predicted octanol–water partition coefficient (Wildman–Crippen LogP) is 2.37. The molecule has 0 spiro atoms. The van der Waals surface area contributed by atoms with Crippen LogP contribution in [0.4, 0.5) is 11.4 Å². The molecule has 0 aromatic heterocycles. The highest BCUT2D eigenvalue weighted by Gasteiger charge is 2.36. The summed E-state index contributed by atoms with van der Waals surface area (Å²) in [5.41, 5.74) is 8.98. The predicted molar refractivity (Wildman–Crippen MR) is 118 cm³/mol. The molecule has 0 saturated carbocycles. The fourth-order valence-electron chi connectivity index (χ4n) is 4.14. The molecule has 2 aliphatic heterocycles. The second-order valence-corrected chi connectivity index (χ2v) is 7.83. The van der Waals surface area contributed by atoms with Gasteiger partial charge in [0, 0.05) is 38.8 Å². The van der Waals surface area contributed by atoms with Crippen LogP contribution in [0.3, 0.4) is 0 Å². The lowest BCUT2D eigenvalue weighted by atomic mass is 10.1. The van der Waals surface area contributed by atoms with Gasteiger partial charge in [0.2, 0.25) is 5.91 Å². The molecule has 1 saturated heterocycles. The van der Waals surface area contributed by atoms with E-state index in [4.69, 9.17) is 5.73 Å². The number of carbonyl (C=O) groups excluding carboxylic acids is 2. The summed E-state index contributed by atoms with van der Waals surface area (Å²) in [6.45, 7) is 2.58. The molecular formula is C23H27N5O2. The quantitative estimate of drug-likeness (QED) is 0.800. The maximum absolute atomic E-state index is 13.1. The zero-order valence-electron chi connectivity index (χ0n) is 17.2. The Labute approximate surface area is 176 Å². The number of hydrogen-bond donors (Lipinski definition) is 1. The monoisotopic (exact) mass is 405 g/mol. The van der Waals surface area contributed by atoms with Crippen molar-refractivity contribution in [3.63, 3.8) is 0 Å². The molecule has 2 aliphatic rings. The minimum Gasteiger partial charge on any atom is -0.371 e. The van der Waals surface area contributed by atoms with Crippen molar-refractivity contribution in [3.05, 3.63) is 60.2 Å². The maximum Gasteiger partial charge on any atom is 0.270 e. The Bertz CT molecular complexity index is 953. The van der Waals surface area contributed by atoms with Gasteiger partial charge in [-0.1, -0.05) is 36.4 Å². The zero-order valence-corrected chi connectivity index (χ0v) is 17.2. The van der Waals surface area contributed by atoms with Gasteiger partial charge in [-0.05, 0) is 36.6 Å². The van der Waals surface area contributed by atoms with E-state index < -0.39 is 11.9 Å². The lowest BCUT2D eigenvalue weighted by Gasteiger charge is -2.24. The molecule has 7 nitrogen and oxygen atoms in total. The minimum absolute atomic E-state index is 0.184. The van der Waals surface area contributed by atoms with Crippen molar-refractivity contribution in [2.75, 3.05) is 30.0 Å². The van der Waals surface area contributed by atoms with E-state index in [1.807, 2.05) is 42.5 Å². The summed E-state index contributed by atoms with van der Waals surface area (Å²) in [5, 5.41) is 6.03. The Morgan fingerprint density at radius 1 is 1.07 bits per heavy atom. The van der Waals surface area contributed by atoms with E-state index in [-0.39, 0.29) is 12.3 Å². The van der Waals surface area contributed by atoms with Crippen LogP contribution in [-0.2, 0) is 16.1 Å². The van der Waals surface area contributed by atoms with Gasteiger partial charge in [0.25, 0.3) is 5.91 Å². The number of rotatable bonds is 6. The van der Waals surface area contributed by atoms with Crippen LogP contribution in [-0.4, -0.2) is 48.6 Å². The summed E-state index contributed by atoms with van der Waals surface area (Å²) in [5.74, 6) is -0.677. The molecular weight excluding hydrogens is 378 g/mol. The lowest BCUT2D eigenvalue weighted by Crippen LogP contribution is -2.40. The first-order valence-electron chi connectivity index (χ1n) is 10.3. The summed E-state index contributed by atoms with van der Waals surface area (Å²) >= 11 is 0. The molecule has 0 bridgehead atoms. The lowest BCUT2D eigenvalue weighted by molar-refractivity contribution is -0.123. The van der Waals surface area contributed by atoms with Gasteiger partial charge in [-0.2, -0.15) is 5.10 Å². The van der Waals surface area contributed by atoms with Crippen molar-refractivity contribution in [2.45, 2.75) is 31.8 Å². The molecule has 2 aromatic carbocycles. The smallest absolute Gasteiger partial charge is 0.270 e. The highest BCUT2D eigenvalue weighted by Crippen LogP contribution is 2.27. The number of anilines is 2. The van der Waals surface area contributed by atoms with Crippen LogP contribution in [0.25, 0.3) is 0 Å². The van der Waals surface area contributed by atoms with Gasteiger partial charge in [-0.3, -0.25) is 14.6 Å². The second kappa shape index (κ2) is 8.57. The molecule has 1 fully saturated rings. The summed E-state index contributed by atoms with van der Waals surface area (Å²) < 4.78 is 0. The Morgan fingerprint density at radius 2 is 1.73 bits per heavy atom. The van der Waals surface area contributed by atoms with Crippen molar-refractivity contribution < 1.29 is 9.59 Å². The van der Waals surface area contributed by atoms with Crippen molar-refractivity contribution in [2.24, 2.45) is 10.8 Å². The summed E-state index contributed by atoms with van der Waals surface area (Å²) in [4.78, 5) is 29.2. The third-order valence-electron chi connectivity index (χ3n) is 5.70. The molecule has 4 rings (SSSR count). The number of nitrogens with two attached hydrogens (primary N) is 1. The number of amides is 2. The average Bonchev–Trinajstić information content (AvgIpc) is 3.44. The van der Waals surface area contributed by atoms with Gasteiger partial charge in [0.1, 0.15) is 11.8 Å². The van der Waals surface area contributed by atoms with Gasteiger partial charge in [0.15, 0.2) is 0 Å².